The van der Waals surface area contributed by atoms with Gasteiger partial charge in [-0.05, 0) is 43.4 Å². The second-order valence-corrected chi connectivity index (χ2v) is 7.48. The van der Waals surface area contributed by atoms with E-state index in [2.05, 4.69) is 6.92 Å². The van der Waals surface area contributed by atoms with Crippen molar-refractivity contribution in [2.45, 2.75) is 37.6 Å². The SMILES string of the molecule is Cc1ccc(C(=O)N2CCCC(C)C2CN)cc1S(N)(=O)=O.Cl. The van der Waals surface area contributed by atoms with E-state index in [4.69, 9.17) is 10.9 Å². The molecule has 2 rings (SSSR count). The fourth-order valence-electron chi connectivity index (χ4n) is 3.07. The number of aryl methyl sites for hydroxylation is 1. The number of carbonyl (C=O) groups excluding carboxylic acids is 1. The van der Waals surface area contributed by atoms with E-state index in [0.717, 1.165) is 12.8 Å². The average Bonchev–Trinajstić information content (AvgIpc) is 2.45. The van der Waals surface area contributed by atoms with E-state index in [1.807, 2.05) is 0 Å². The van der Waals surface area contributed by atoms with Crippen molar-refractivity contribution in [3.63, 3.8) is 0 Å². The predicted octanol–water partition coefficient (Wildman–Crippen LogP) is 1.26. The first kappa shape index (κ1) is 19.9. The third kappa shape index (κ3) is 4.23. The van der Waals surface area contributed by atoms with Crippen LogP contribution in [0, 0.1) is 12.8 Å². The molecule has 0 bridgehead atoms. The lowest BCUT2D eigenvalue weighted by Gasteiger charge is -2.39. The summed E-state index contributed by atoms with van der Waals surface area (Å²) in [5, 5.41) is 5.21. The highest BCUT2D eigenvalue weighted by molar-refractivity contribution is 7.89. The molecule has 1 aromatic rings. The van der Waals surface area contributed by atoms with Crippen LogP contribution in [-0.4, -0.2) is 38.4 Å². The third-order valence-electron chi connectivity index (χ3n) is 4.36. The molecule has 0 aromatic heterocycles. The van der Waals surface area contributed by atoms with Gasteiger partial charge in [0.25, 0.3) is 5.91 Å². The van der Waals surface area contributed by atoms with Crippen molar-refractivity contribution in [1.29, 1.82) is 0 Å². The van der Waals surface area contributed by atoms with Gasteiger partial charge in [0.2, 0.25) is 10.0 Å². The van der Waals surface area contributed by atoms with Crippen molar-refractivity contribution in [2.24, 2.45) is 16.8 Å². The van der Waals surface area contributed by atoms with Crippen LogP contribution < -0.4 is 10.9 Å². The molecule has 1 saturated heterocycles. The van der Waals surface area contributed by atoms with Gasteiger partial charge in [-0.3, -0.25) is 4.79 Å². The van der Waals surface area contributed by atoms with E-state index in [9.17, 15) is 13.2 Å². The Morgan fingerprint density at radius 2 is 2.04 bits per heavy atom. The summed E-state index contributed by atoms with van der Waals surface area (Å²) in [6.45, 7) is 4.78. The van der Waals surface area contributed by atoms with Crippen LogP contribution in [-0.2, 0) is 10.0 Å². The smallest absolute Gasteiger partial charge is 0.254 e. The van der Waals surface area contributed by atoms with Gasteiger partial charge in [0.05, 0.1) is 4.90 Å². The number of carbonyl (C=O) groups is 1. The summed E-state index contributed by atoms with van der Waals surface area (Å²) >= 11 is 0. The van der Waals surface area contributed by atoms with Gasteiger partial charge >= 0.3 is 0 Å². The van der Waals surface area contributed by atoms with Crippen LogP contribution in [0.3, 0.4) is 0 Å². The topological polar surface area (TPSA) is 106 Å². The van der Waals surface area contributed by atoms with Gasteiger partial charge in [-0.2, -0.15) is 0 Å². The number of likely N-dealkylation sites (tertiary alicyclic amines) is 1. The highest BCUT2D eigenvalue weighted by Crippen LogP contribution is 2.25. The van der Waals surface area contributed by atoms with Gasteiger partial charge in [-0.25, -0.2) is 13.6 Å². The summed E-state index contributed by atoms with van der Waals surface area (Å²) < 4.78 is 23.2. The largest absolute Gasteiger partial charge is 0.334 e. The molecule has 6 nitrogen and oxygen atoms in total. The Kier molecular flexibility index (Phi) is 6.59. The molecule has 1 aliphatic heterocycles. The Hall–Kier alpha value is -1.15. The summed E-state index contributed by atoms with van der Waals surface area (Å²) in [7, 11) is -3.85. The van der Waals surface area contributed by atoms with Crippen molar-refractivity contribution < 1.29 is 13.2 Å². The molecule has 8 heteroatoms. The Morgan fingerprint density at radius 1 is 1.39 bits per heavy atom. The number of primary sulfonamides is 1. The highest BCUT2D eigenvalue weighted by atomic mass is 35.5. The van der Waals surface area contributed by atoms with Crippen molar-refractivity contribution in [2.75, 3.05) is 13.1 Å². The maximum atomic E-state index is 12.7. The quantitative estimate of drug-likeness (QED) is 0.845. The van der Waals surface area contributed by atoms with E-state index in [1.165, 1.54) is 6.07 Å². The van der Waals surface area contributed by atoms with Gasteiger partial charge in [0.1, 0.15) is 0 Å². The standard InChI is InChI=1S/C15H23N3O3S.ClH/c1-10-4-3-7-18(13(10)9-16)15(19)12-6-5-11(2)14(8-12)22(17,20)21;/h5-6,8,10,13H,3-4,7,9,16H2,1-2H3,(H2,17,20,21);1H. The zero-order valence-electron chi connectivity index (χ0n) is 13.4. The molecule has 0 spiro atoms. The zero-order valence-corrected chi connectivity index (χ0v) is 15.0. The molecular formula is C15H24ClN3O3S. The minimum Gasteiger partial charge on any atom is -0.334 e. The van der Waals surface area contributed by atoms with Crippen LogP contribution in [0.5, 0.6) is 0 Å². The number of halogens is 1. The van der Waals surface area contributed by atoms with Crippen LogP contribution in [0.15, 0.2) is 23.1 Å². The number of benzene rings is 1. The van der Waals surface area contributed by atoms with Gasteiger partial charge in [0.15, 0.2) is 0 Å². The molecule has 0 saturated carbocycles. The monoisotopic (exact) mass is 361 g/mol. The number of piperidine rings is 1. The molecule has 1 aromatic carbocycles. The van der Waals surface area contributed by atoms with E-state index >= 15 is 0 Å². The molecule has 2 unspecified atom stereocenters. The molecule has 1 fully saturated rings. The van der Waals surface area contributed by atoms with Crippen molar-refractivity contribution in [3.05, 3.63) is 29.3 Å². The maximum Gasteiger partial charge on any atom is 0.254 e. The van der Waals surface area contributed by atoms with E-state index in [1.54, 1.807) is 24.0 Å². The minimum absolute atomic E-state index is 0. The number of rotatable bonds is 3. The van der Waals surface area contributed by atoms with Gasteiger partial charge < -0.3 is 10.6 Å². The predicted molar refractivity (Wildman–Crippen MR) is 92.1 cm³/mol. The van der Waals surface area contributed by atoms with Crippen molar-refractivity contribution in [1.82, 2.24) is 4.90 Å². The summed E-state index contributed by atoms with van der Waals surface area (Å²) in [6, 6.07) is 4.59. The number of hydrogen-bond acceptors (Lipinski definition) is 4. The number of nitrogens with two attached hydrogens (primary N) is 2. The van der Waals surface area contributed by atoms with Gasteiger partial charge in [-0.15, -0.1) is 12.4 Å². The van der Waals surface area contributed by atoms with E-state index in [-0.39, 0.29) is 29.3 Å². The second kappa shape index (κ2) is 7.61. The Morgan fingerprint density at radius 3 is 2.61 bits per heavy atom. The summed E-state index contributed by atoms with van der Waals surface area (Å²) in [5.74, 6) is 0.151. The fourth-order valence-corrected chi connectivity index (χ4v) is 3.87. The van der Waals surface area contributed by atoms with Gasteiger partial charge in [0, 0.05) is 24.7 Å². The van der Waals surface area contributed by atoms with Gasteiger partial charge in [-0.1, -0.05) is 13.0 Å². The lowest BCUT2D eigenvalue weighted by Crippen LogP contribution is -2.51. The van der Waals surface area contributed by atoms with E-state index in [0.29, 0.717) is 30.1 Å². The first-order valence-corrected chi connectivity index (χ1v) is 8.95. The maximum absolute atomic E-state index is 12.7. The molecule has 0 radical (unpaired) electrons. The van der Waals surface area contributed by atoms with Crippen LogP contribution in [0.4, 0.5) is 0 Å². The van der Waals surface area contributed by atoms with Crippen LogP contribution >= 0.6 is 12.4 Å². The molecule has 4 N–H and O–H groups in total. The number of nitrogens with zero attached hydrogens (tertiary/aromatic N) is 1. The number of sulfonamides is 1. The normalized spacial score (nSPS) is 21.7. The first-order valence-electron chi connectivity index (χ1n) is 7.40. The first-order chi connectivity index (χ1) is 10.3. The molecule has 0 aliphatic carbocycles. The van der Waals surface area contributed by atoms with Crippen LogP contribution in [0.1, 0.15) is 35.7 Å². The molecule has 23 heavy (non-hydrogen) atoms. The average molecular weight is 362 g/mol. The Balaban J connectivity index is 0.00000264. The molecule has 1 heterocycles. The van der Waals surface area contributed by atoms with Crippen LogP contribution in [0.25, 0.3) is 0 Å². The molecule has 1 aliphatic rings. The summed E-state index contributed by atoms with van der Waals surface area (Å²) in [6.07, 6.45) is 1.97. The molecule has 1 amide bonds. The Labute approximate surface area is 143 Å². The highest BCUT2D eigenvalue weighted by Gasteiger charge is 2.31. The Bertz CT molecular complexity index is 679. The third-order valence-corrected chi connectivity index (χ3v) is 5.41. The molecular weight excluding hydrogens is 338 g/mol. The lowest BCUT2D eigenvalue weighted by atomic mass is 9.90. The summed E-state index contributed by atoms with van der Waals surface area (Å²) in [5.41, 5.74) is 6.68. The lowest BCUT2D eigenvalue weighted by molar-refractivity contribution is 0.0532. The van der Waals surface area contributed by atoms with Crippen molar-refractivity contribution in [3.8, 4) is 0 Å². The van der Waals surface area contributed by atoms with E-state index < -0.39 is 10.0 Å². The fraction of sp³-hybridized carbons (Fsp3) is 0.533. The molecule has 2 atom stereocenters. The summed E-state index contributed by atoms with van der Waals surface area (Å²) in [4.78, 5) is 14.5. The minimum atomic E-state index is -3.85. The van der Waals surface area contributed by atoms with Crippen LogP contribution in [0.2, 0.25) is 0 Å². The zero-order chi connectivity index (χ0) is 16.5. The second-order valence-electron chi connectivity index (χ2n) is 5.95. The molecule has 130 valence electrons. The number of amides is 1. The number of hydrogen-bond donors (Lipinski definition) is 2. The van der Waals surface area contributed by atoms with Crippen molar-refractivity contribution >= 4 is 28.3 Å².